The summed E-state index contributed by atoms with van der Waals surface area (Å²) in [4.78, 5) is 14.6. The molecule has 120 valence electrons. The van der Waals surface area contributed by atoms with E-state index in [1.54, 1.807) is 7.11 Å². The lowest BCUT2D eigenvalue weighted by Gasteiger charge is -2.49. The molecule has 1 aromatic rings. The van der Waals surface area contributed by atoms with Gasteiger partial charge in [-0.1, -0.05) is 0 Å². The SMILES string of the molecule is CCOc1c(N)cc(C2C3CCC(CC3=O)N2C)cc1OC. The minimum Gasteiger partial charge on any atom is -0.493 e. The molecule has 0 radical (unpaired) electrons. The number of benzene rings is 1. The van der Waals surface area contributed by atoms with E-state index in [4.69, 9.17) is 15.2 Å². The normalized spacial score (nSPS) is 28.0. The molecule has 0 aromatic heterocycles. The Balaban J connectivity index is 2.01. The maximum Gasteiger partial charge on any atom is 0.184 e. The molecule has 1 aliphatic carbocycles. The quantitative estimate of drug-likeness (QED) is 0.865. The molecule has 1 saturated carbocycles. The third kappa shape index (κ3) is 2.33. The number of ether oxygens (including phenoxy) is 2. The first-order valence-electron chi connectivity index (χ1n) is 7.91. The predicted octanol–water partition coefficient (Wildman–Crippen LogP) is 2.40. The highest BCUT2D eigenvalue weighted by Gasteiger charge is 2.45. The zero-order valence-electron chi connectivity index (χ0n) is 13.5. The Bertz CT molecular complexity index is 588. The number of nitrogen functional groups attached to an aromatic ring is 1. The zero-order chi connectivity index (χ0) is 15.9. The highest BCUT2D eigenvalue weighted by atomic mass is 16.5. The van der Waals surface area contributed by atoms with Gasteiger partial charge in [0.2, 0.25) is 0 Å². The molecule has 2 aliphatic heterocycles. The van der Waals surface area contributed by atoms with Crippen LogP contribution in [0, 0.1) is 5.92 Å². The number of ketones is 1. The largest absolute Gasteiger partial charge is 0.493 e. The molecule has 3 unspecified atom stereocenters. The topological polar surface area (TPSA) is 64.8 Å². The second kappa shape index (κ2) is 5.80. The number of nitrogens with zero attached hydrogens (tertiary/aromatic N) is 1. The van der Waals surface area contributed by atoms with Gasteiger partial charge >= 0.3 is 0 Å². The van der Waals surface area contributed by atoms with Gasteiger partial charge in [-0.2, -0.15) is 0 Å². The molecule has 3 fully saturated rings. The molecule has 3 atom stereocenters. The molecule has 2 bridgehead atoms. The van der Waals surface area contributed by atoms with Crippen molar-refractivity contribution in [2.45, 2.75) is 38.3 Å². The number of methoxy groups -OCH3 is 1. The van der Waals surface area contributed by atoms with Gasteiger partial charge in [0, 0.05) is 24.4 Å². The molecule has 2 saturated heterocycles. The van der Waals surface area contributed by atoms with E-state index in [1.807, 2.05) is 19.1 Å². The average Bonchev–Trinajstić information content (AvgIpc) is 2.50. The van der Waals surface area contributed by atoms with Crippen molar-refractivity contribution in [1.29, 1.82) is 0 Å². The fraction of sp³-hybridized carbons (Fsp3) is 0.588. The number of hydrogen-bond donors (Lipinski definition) is 1. The van der Waals surface area contributed by atoms with Crippen LogP contribution in [-0.4, -0.2) is 37.5 Å². The molecular formula is C17H24N2O3. The van der Waals surface area contributed by atoms with Crippen molar-refractivity contribution in [3.05, 3.63) is 17.7 Å². The predicted molar refractivity (Wildman–Crippen MR) is 85.2 cm³/mol. The number of Topliss-reactive ketones (excluding diaryl/α,β-unsaturated/α-hetero) is 1. The first kappa shape index (κ1) is 15.2. The second-order valence-corrected chi connectivity index (χ2v) is 6.19. The van der Waals surface area contributed by atoms with Gasteiger partial charge in [-0.05, 0) is 44.5 Å². The Morgan fingerprint density at radius 3 is 2.77 bits per heavy atom. The minimum absolute atomic E-state index is 0.0667. The third-order valence-electron chi connectivity index (χ3n) is 5.01. The number of fused-ring (bicyclic) bond motifs is 3. The van der Waals surface area contributed by atoms with E-state index in [1.165, 1.54) is 0 Å². The maximum absolute atomic E-state index is 12.3. The number of hydrogen-bond acceptors (Lipinski definition) is 5. The molecule has 4 rings (SSSR count). The Morgan fingerprint density at radius 2 is 2.14 bits per heavy atom. The van der Waals surface area contributed by atoms with Crippen molar-refractivity contribution in [2.24, 2.45) is 5.92 Å². The van der Waals surface area contributed by atoms with E-state index in [0.29, 0.717) is 42.0 Å². The Morgan fingerprint density at radius 1 is 1.36 bits per heavy atom. The van der Waals surface area contributed by atoms with Crippen molar-refractivity contribution in [2.75, 3.05) is 26.5 Å². The number of nitrogens with two attached hydrogens (primary N) is 1. The van der Waals surface area contributed by atoms with E-state index in [9.17, 15) is 4.79 Å². The van der Waals surface area contributed by atoms with E-state index >= 15 is 0 Å². The van der Waals surface area contributed by atoms with Gasteiger partial charge in [-0.15, -0.1) is 0 Å². The molecule has 2 N–H and O–H groups in total. The molecule has 0 spiro atoms. The summed E-state index contributed by atoms with van der Waals surface area (Å²) in [6, 6.07) is 4.34. The first-order valence-corrected chi connectivity index (χ1v) is 7.91. The lowest BCUT2D eigenvalue weighted by molar-refractivity contribution is -0.136. The van der Waals surface area contributed by atoms with Gasteiger partial charge in [0.1, 0.15) is 5.78 Å². The number of anilines is 1. The Labute approximate surface area is 131 Å². The van der Waals surface area contributed by atoms with Crippen molar-refractivity contribution in [1.82, 2.24) is 4.90 Å². The molecule has 3 aliphatic rings. The van der Waals surface area contributed by atoms with Gasteiger partial charge in [0.15, 0.2) is 11.5 Å². The fourth-order valence-corrected chi connectivity index (χ4v) is 3.95. The Kier molecular flexibility index (Phi) is 4.00. The van der Waals surface area contributed by atoms with Crippen LogP contribution in [0.2, 0.25) is 0 Å². The summed E-state index contributed by atoms with van der Waals surface area (Å²) < 4.78 is 11.0. The summed E-state index contributed by atoms with van der Waals surface area (Å²) in [5.74, 6) is 1.67. The first-order chi connectivity index (χ1) is 10.6. The number of carbonyl (C=O) groups is 1. The van der Waals surface area contributed by atoms with Crippen LogP contribution in [0.25, 0.3) is 0 Å². The van der Waals surface area contributed by atoms with E-state index in [2.05, 4.69) is 11.9 Å². The fourth-order valence-electron chi connectivity index (χ4n) is 3.95. The molecule has 2 heterocycles. The zero-order valence-corrected chi connectivity index (χ0v) is 13.5. The maximum atomic E-state index is 12.3. The smallest absolute Gasteiger partial charge is 0.184 e. The average molecular weight is 304 g/mol. The van der Waals surface area contributed by atoms with E-state index < -0.39 is 0 Å². The van der Waals surface area contributed by atoms with Gasteiger partial charge in [0.25, 0.3) is 0 Å². The molecular weight excluding hydrogens is 280 g/mol. The van der Waals surface area contributed by atoms with E-state index in [0.717, 1.165) is 18.4 Å². The highest BCUT2D eigenvalue weighted by Crippen LogP contribution is 2.47. The van der Waals surface area contributed by atoms with Crippen LogP contribution in [0.4, 0.5) is 5.69 Å². The van der Waals surface area contributed by atoms with Gasteiger partial charge in [-0.25, -0.2) is 0 Å². The summed E-state index contributed by atoms with van der Waals surface area (Å²) in [6.45, 7) is 2.45. The summed E-state index contributed by atoms with van der Waals surface area (Å²) in [5, 5.41) is 0. The van der Waals surface area contributed by atoms with Crippen molar-refractivity contribution in [3.63, 3.8) is 0 Å². The molecule has 0 amide bonds. The highest BCUT2D eigenvalue weighted by molar-refractivity contribution is 5.84. The second-order valence-electron chi connectivity index (χ2n) is 6.19. The van der Waals surface area contributed by atoms with Gasteiger partial charge < -0.3 is 15.2 Å². The molecule has 5 heteroatoms. The lowest BCUT2D eigenvalue weighted by Crippen LogP contribution is -2.52. The third-order valence-corrected chi connectivity index (χ3v) is 5.01. The van der Waals surface area contributed by atoms with Gasteiger partial charge in [-0.3, -0.25) is 9.69 Å². The van der Waals surface area contributed by atoms with Crippen LogP contribution in [0.15, 0.2) is 12.1 Å². The summed E-state index contributed by atoms with van der Waals surface area (Å²) in [6.07, 6.45) is 2.75. The number of carbonyl (C=O) groups excluding carboxylic acids is 1. The summed E-state index contributed by atoms with van der Waals surface area (Å²) >= 11 is 0. The van der Waals surface area contributed by atoms with Crippen molar-refractivity contribution in [3.8, 4) is 11.5 Å². The number of piperidine rings is 2. The van der Waals surface area contributed by atoms with Crippen molar-refractivity contribution < 1.29 is 14.3 Å². The van der Waals surface area contributed by atoms with Crippen LogP contribution >= 0.6 is 0 Å². The summed E-state index contributed by atoms with van der Waals surface area (Å²) in [5.41, 5.74) is 7.77. The lowest BCUT2D eigenvalue weighted by atomic mass is 9.72. The van der Waals surface area contributed by atoms with Crippen LogP contribution in [0.5, 0.6) is 11.5 Å². The standard InChI is InChI=1S/C17H24N2O3/c1-4-22-17-13(18)7-10(8-15(17)21-3)16-12-6-5-11(19(16)2)9-14(12)20/h7-8,11-12,16H,4-6,9,18H2,1-3H3. The van der Waals surface area contributed by atoms with Crippen LogP contribution in [0.3, 0.4) is 0 Å². The summed E-state index contributed by atoms with van der Waals surface area (Å²) in [7, 11) is 3.72. The van der Waals surface area contributed by atoms with Crippen LogP contribution in [-0.2, 0) is 4.79 Å². The van der Waals surface area contributed by atoms with Crippen molar-refractivity contribution >= 4 is 11.5 Å². The molecule has 5 nitrogen and oxygen atoms in total. The minimum atomic E-state index is 0.0667. The molecule has 1 aromatic carbocycles. The van der Waals surface area contributed by atoms with E-state index in [-0.39, 0.29) is 12.0 Å². The molecule has 22 heavy (non-hydrogen) atoms. The monoisotopic (exact) mass is 304 g/mol. The number of rotatable bonds is 4. The Hall–Kier alpha value is -1.75. The van der Waals surface area contributed by atoms with Crippen LogP contribution < -0.4 is 15.2 Å². The van der Waals surface area contributed by atoms with Gasteiger partial charge in [0.05, 0.1) is 19.4 Å². The van der Waals surface area contributed by atoms with Crippen LogP contribution in [0.1, 0.15) is 37.8 Å².